The zero-order chi connectivity index (χ0) is 19.1. The van der Waals surface area contributed by atoms with E-state index < -0.39 is 11.6 Å². The molecule has 0 saturated carbocycles. The van der Waals surface area contributed by atoms with Crippen molar-refractivity contribution in [2.45, 2.75) is 0 Å². The van der Waals surface area contributed by atoms with Gasteiger partial charge in [-0.2, -0.15) is 29.4 Å². The van der Waals surface area contributed by atoms with Crippen molar-refractivity contribution in [1.82, 2.24) is 14.8 Å². The molecule has 2 aromatic heterocycles. The summed E-state index contributed by atoms with van der Waals surface area (Å²) in [5, 5.41) is 4.07. The minimum absolute atomic E-state index is 0. The van der Waals surface area contributed by atoms with Crippen molar-refractivity contribution in [2.75, 3.05) is 7.11 Å². The van der Waals surface area contributed by atoms with E-state index in [2.05, 4.69) is 22.2 Å². The molecule has 0 atom stereocenters. The van der Waals surface area contributed by atoms with Crippen molar-refractivity contribution < 1.29 is 33.6 Å². The number of benzene rings is 2. The van der Waals surface area contributed by atoms with Gasteiger partial charge in [0, 0.05) is 50.3 Å². The number of methoxy groups -OCH3 is 1. The van der Waals surface area contributed by atoms with Gasteiger partial charge in [0.15, 0.2) is 0 Å². The molecule has 0 aliphatic rings. The van der Waals surface area contributed by atoms with Crippen LogP contribution in [0.15, 0.2) is 73.2 Å². The summed E-state index contributed by atoms with van der Waals surface area (Å²) in [6, 6.07) is 20.3. The Balaban J connectivity index is 0.000000205. The van der Waals surface area contributed by atoms with Gasteiger partial charge in [0.05, 0.1) is 7.11 Å². The van der Waals surface area contributed by atoms with Gasteiger partial charge in [-0.05, 0) is 29.6 Å². The predicted molar refractivity (Wildman–Crippen MR) is 97.4 cm³/mol. The number of hydrogen-bond donors (Lipinski definition) is 0. The monoisotopic (exact) mass is 556 g/mol. The number of pyridine rings is 1. The second-order valence-corrected chi connectivity index (χ2v) is 5.32. The molecule has 0 amide bonds. The van der Waals surface area contributed by atoms with Crippen LogP contribution in [0.3, 0.4) is 0 Å². The number of rotatable bonds is 3. The molecule has 0 aliphatic carbocycles. The molecule has 2 aromatic carbocycles. The Morgan fingerprint density at radius 1 is 1.04 bits per heavy atom. The van der Waals surface area contributed by atoms with Gasteiger partial charge in [-0.25, -0.2) is 0 Å². The van der Waals surface area contributed by atoms with Crippen LogP contribution in [0.2, 0.25) is 0 Å². The van der Waals surface area contributed by atoms with Crippen LogP contribution in [0.1, 0.15) is 0 Å². The molecule has 7 heteroatoms. The summed E-state index contributed by atoms with van der Waals surface area (Å²) in [4.78, 5) is 3.97. The maximum Gasteiger partial charge on any atom is 0.113 e. The second-order valence-electron chi connectivity index (χ2n) is 5.32. The van der Waals surface area contributed by atoms with Gasteiger partial charge in [0.25, 0.3) is 0 Å². The number of halogens is 2. The van der Waals surface area contributed by atoms with Gasteiger partial charge >= 0.3 is 0 Å². The maximum absolute atomic E-state index is 13.4. The average Bonchev–Trinajstić information content (AvgIpc) is 3.24. The van der Waals surface area contributed by atoms with Crippen LogP contribution < -0.4 is 4.74 Å². The van der Waals surface area contributed by atoms with Crippen LogP contribution in [-0.4, -0.2) is 21.9 Å². The third kappa shape index (κ3) is 5.55. The quantitative estimate of drug-likeness (QED) is 0.350. The van der Waals surface area contributed by atoms with Gasteiger partial charge in [-0.1, -0.05) is 11.6 Å². The molecule has 0 saturated heterocycles. The van der Waals surface area contributed by atoms with E-state index in [-0.39, 0.29) is 25.7 Å². The van der Waals surface area contributed by atoms with Crippen molar-refractivity contribution in [3.63, 3.8) is 0 Å². The molecule has 0 N–H and O–H groups in total. The fraction of sp³-hybridized carbons (Fsp3) is 0.0476. The molecule has 0 unspecified atom stereocenters. The molecule has 0 fully saturated rings. The van der Waals surface area contributed by atoms with Crippen LogP contribution in [-0.2, 0) is 20.1 Å². The first-order valence-electron chi connectivity index (χ1n) is 8.01. The molecule has 1 radical (unpaired) electrons. The van der Waals surface area contributed by atoms with Crippen molar-refractivity contribution in [3.05, 3.63) is 97.0 Å². The SMILES string of the molecule is COc1ccnc(-c2[c-]cc(F)cc2F)c1.[Ir].[c-]1ccccc1-n1cccn1. The molecule has 0 bridgehead atoms. The van der Waals surface area contributed by atoms with Crippen molar-refractivity contribution in [3.8, 4) is 22.7 Å². The first-order chi connectivity index (χ1) is 13.2. The third-order valence-corrected chi connectivity index (χ3v) is 3.52. The fourth-order valence-corrected chi connectivity index (χ4v) is 2.25. The van der Waals surface area contributed by atoms with Gasteiger partial charge < -0.3 is 9.72 Å². The van der Waals surface area contributed by atoms with E-state index in [1.807, 2.05) is 36.5 Å². The van der Waals surface area contributed by atoms with E-state index >= 15 is 0 Å². The van der Waals surface area contributed by atoms with Crippen LogP contribution >= 0.6 is 0 Å². The summed E-state index contributed by atoms with van der Waals surface area (Å²) in [5.74, 6) is -0.799. The summed E-state index contributed by atoms with van der Waals surface area (Å²) in [6.45, 7) is 0. The molecule has 4 nitrogen and oxygen atoms in total. The predicted octanol–water partition coefficient (Wildman–Crippen LogP) is 4.51. The maximum atomic E-state index is 13.4. The number of nitrogens with zero attached hydrogens (tertiary/aromatic N) is 3. The third-order valence-electron chi connectivity index (χ3n) is 3.52. The van der Waals surface area contributed by atoms with Crippen LogP contribution in [0.5, 0.6) is 5.75 Å². The Hall–Kier alpha value is -2.89. The number of hydrogen-bond acceptors (Lipinski definition) is 3. The smallest absolute Gasteiger partial charge is 0.113 e. The Bertz CT molecular complexity index is 996. The number of ether oxygens (including phenoxy) is 1. The minimum Gasteiger partial charge on any atom is -0.497 e. The largest absolute Gasteiger partial charge is 0.497 e. The fourth-order valence-electron chi connectivity index (χ4n) is 2.25. The summed E-state index contributed by atoms with van der Waals surface area (Å²) in [6.07, 6.45) is 5.14. The van der Waals surface area contributed by atoms with E-state index in [1.165, 1.54) is 13.3 Å². The summed E-state index contributed by atoms with van der Waals surface area (Å²) in [5.41, 5.74) is 1.45. The van der Waals surface area contributed by atoms with Gasteiger partial charge in [0.1, 0.15) is 5.75 Å². The molecule has 0 aliphatic heterocycles. The molecule has 0 spiro atoms. The molecule has 2 heterocycles. The first kappa shape index (κ1) is 21.4. The van der Waals surface area contributed by atoms with Crippen LogP contribution in [0, 0.1) is 23.8 Å². The van der Waals surface area contributed by atoms with Crippen LogP contribution in [0.25, 0.3) is 16.9 Å². The Labute approximate surface area is 175 Å². The van der Waals surface area contributed by atoms with E-state index in [0.29, 0.717) is 11.4 Å². The topological polar surface area (TPSA) is 39.9 Å². The molecular formula is C21H15F2IrN3O-2. The number of para-hydroxylation sites is 1. The number of aromatic nitrogens is 3. The van der Waals surface area contributed by atoms with E-state index in [9.17, 15) is 8.78 Å². The minimum atomic E-state index is -0.694. The zero-order valence-electron chi connectivity index (χ0n) is 14.8. The van der Waals surface area contributed by atoms with Gasteiger partial charge in [0.2, 0.25) is 0 Å². The zero-order valence-corrected chi connectivity index (χ0v) is 17.2. The average molecular weight is 556 g/mol. The summed E-state index contributed by atoms with van der Waals surface area (Å²) in [7, 11) is 1.50. The summed E-state index contributed by atoms with van der Waals surface area (Å²) >= 11 is 0. The Morgan fingerprint density at radius 3 is 2.54 bits per heavy atom. The Kier molecular flexibility index (Phi) is 7.99. The molecular weight excluding hydrogens is 540 g/mol. The second kappa shape index (κ2) is 10.4. The van der Waals surface area contributed by atoms with E-state index in [1.54, 1.807) is 23.0 Å². The van der Waals surface area contributed by atoms with Gasteiger partial charge in [-0.15, -0.1) is 18.2 Å². The Morgan fingerprint density at radius 2 is 1.89 bits per heavy atom. The van der Waals surface area contributed by atoms with E-state index in [0.717, 1.165) is 17.8 Å². The molecule has 4 rings (SSSR count). The normalized spacial score (nSPS) is 9.68. The van der Waals surface area contributed by atoms with E-state index in [4.69, 9.17) is 4.74 Å². The van der Waals surface area contributed by atoms with Crippen molar-refractivity contribution in [2.24, 2.45) is 0 Å². The van der Waals surface area contributed by atoms with Crippen LogP contribution in [0.4, 0.5) is 8.78 Å². The molecule has 4 aromatic rings. The standard InChI is InChI=1S/C12H8F2NO.C9H7N2.Ir/c1-16-9-4-5-15-12(7-9)10-3-2-8(13)6-11(10)14;1-2-5-9(6-3-1)11-8-4-7-10-11;/h2,4-7H,1H3;1-5,7-8H;/q2*-1;. The van der Waals surface area contributed by atoms with Crippen molar-refractivity contribution >= 4 is 0 Å². The molecule has 28 heavy (non-hydrogen) atoms. The molecule has 145 valence electrons. The first-order valence-corrected chi connectivity index (χ1v) is 8.01. The summed E-state index contributed by atoms with van der Waals surface area (Å²) < 4.78 is 32.9. The van der Waals surface area contributed by atoms with Crippen molar-refractivity contribution in [1.29, 1.82) is 0 Å². The van der Waals surface area contributed by atoms with Gasteiger partial charge in [-0.3, -0.25) is 13.5 Å².